The lowest BCUT2D eigenvalue weighted by Crippen LogP contribution is -2.20. The van der Waals surface area contributed by atoms with E-state index in [1.807, 2.05) is 30.1 Å². The predicted octanol–water partition coefficient (Wildman–Crippen LogP) is 1.55. The molecule has 1 rings (SSSR count). The van der Waals surface area contributed by atoms with Crippen molar-refractivity contribution < 1.29 is 4.39 Å². The molecule has 0 aliphatic carbocycles. The third-order valence-electron chi connectivity index (χ3n) is 2.15. The van der Waals surface area contributed by atoms with E-state index in [9.17, 15) is 4.39 Å². The molecule has 0 atom stereocenters. The van der Waals surface area contributed by atoms with Crippen molar-refractivity contribution >= 4 is 0 Å². The Kier molecular flexibility index (Phi) is 4.56. The minimum Gasteiger partial charge on any atom is -0.326 e. The van der Waals surface area contributed by atoms with Gasteiger partial charge in [0.15, 0.2) is 0 Å². The Morgan fingerprint density at radius 3 is 2.71 bits per heavy atom. The highest BCUT2D eigenvalue weighted by molar-refractivity contribution is 5.23. The van der Waals surface area contributed by atoms with Gasteiger partial charge in [0.2, 0.25) is 0 Å². The number of alkyl halides is 1. The van der Waals surface area contributed by atoms with Gasteiger partial charge < -0.3 is 5.73 Å². The Morgan fingerprint density at radius 1 is 1.36 bits per heavy atom. The average molecular weight is 196 g/mol. The normalized spacial score (nSPS) is 10.9. The van der Waals surface area contributed by atoms with Crippen LogP contribution in [0.25, 0.3) is 0 Å². The summed E-state index contributed by atoms with van der Waals surface area (Å²) in [7, 11) is 1.91. The molecule has 0 spiro atoms. The third-order valence-corrected chi connectivity index (χ3v) is 2.15. The largest absolute Gasteiger partial charge is 0.326 e. The quantitative estimate of drug-likeness (QED) is 0.774. The lowest BCUT2D eigenvalue weighted by atomic mass is 10.1. The van der Waals surface area contributed by atoms with Crippen LogP contribution in [-0.4, -0.2) is 25.2 Å². The van der Waals surface area contributed by atoms with Crippen molar-refractivity contribution in [2.75, 3.05) is 20.3 Å². The summed E-state index contributed by atoms with van der Waals surface area (Å²) in [6.45, 7) is 1.51. The van der Waals surface area contributed by atoms with Crippen molar-refractivity contribution in [1.29, 1.82) is 0 Å². The summed E-state index contributed by atoms with van der Waals surface area (Å²) in [5.74, 6) is 0. The molecule has 0 aliphatic rings. The molecule has 78 valence electrons. The van der Waals surface area contributed by atoms with Gasteiger partial charge in [-0.05, 0) is 18.2 Å². The minimum atomic E-state index is -0.299. The highest BCUT2D eigenvalue weighted by Gasteiger charge is 2.00. The monoisotopic (exact) mass is 196 g/mol. The van der Waals surface area contributed by atoms with Crippen LogP contribution in [0, 0.1) is 0 Å². The third kappa shape index (κ3) is 3.44. The van der Waals surface area contributed by atoms with Crippen LogP contribution >= 0.6 is 0 Å². The first kappa shape index (κ1) is 11.1. The minimum absolute atomic E-state index is 0.299. The Hall–Kier alpha value is -0.930. The van der Waals surface area contributed by atoms with Gasteiger partial charge >= 0.3 is 0 Å². The molecule has 0 heterocycles. The highest BCUT2D eigenvalue weighted by atomic mass is 19.1. The maximum absolute atomic E-state index is 12.0. The number of halogens is 1. The molecule has 1 aromatic rings. The fourth-order valence-corrected chi connectivity index (χ4v) is 1.39. The Bertz CT molecular complexity index is 276. The molecule has 0 bridgehead atoms. The van der Waals surface area contributed by atoms with Gasteiger partial charge in [0.1, 0.15) is 6.67 Å². The van der Waals surface area contributed by atoms with Crippen molar-refractivity contribution in [3.63, 3.8) is 0 Å². The van der Waals surface area contributed by atoms with E-state index in [-0.39, 0.29) is 6.67 Å². The van der Waals surface area contributed by atoms with Gasteiger partial charge in [-0.25, -0.2) is 4.39 Å². The fraction of sp³-hybridized carbons (Fsp3) is 0.455. The van der Waals surface area contributed by atoms with Crippen LogP contribution in [0.4, 0.5) is 4.39 Å². The molecule has 0 unspecified atom stereocenters. The molecule has 0 amide bonds. The molecule has 0 fully saturated rings. The van der Waals surface area contributed by atoms with Crippen LogP contribution < -0.4 is 5.73 Å². The smallest absolute Gasteiger partial charge is 0.102 e. The van der Waals surface area contributed by atoms with E-state index in [0.29, 0.717) is 13.1 Å². The van der Waals surface area contributed by atoms with Gasteiger partial charge in [-0.3, -0.25) is 4.90 Å². The van der Waals surface area contributed by atoms with E-state index in [1.54, 1.807) is 0 Å². The predicted molar refractivity (Wildman–Crippen MR) is 56.6 cm³/mol. The Labute approximate surface area is 84.5 Å². The van der Waals surface area contributed by atoms with Crippen LogP contribution in [0.1, 0.15) is 11.1 Å². The summed E-state index contributed by atoms with van der Waals surface area (Å²) >= 11 is 0. The zero-order chi connectivity index (χ0) is 10.4. The van der Waals surface area contributed by atoms with Crippen LogP contribution in [0.3, 0.4) is 0 Å². The van der Waals surface area contributed by atoms with Crippen LogP contribution in [-0.2, 0) is 13.1 Å². The maximum atomic E-state index is 12.0. The lowest BCUT2D eigenvalue weighted by Gasteiger charge is -2.14. The molecular weight excluding hydrogens is 179 g/mol. The zero-order valence-electron chi connectivity index (χ0n) is 8.54. The van der Waals surface area contributed by atoms with Crippen molar-refractivity contribution in [3.8, 4) is 0 Å². The summed E-state index contributed by atoms with van der Waals surface area (Å²) in [6.07, 6.45) is 0. The van der Waals surface area contributed by atoms with Crippen molar-refractivity contribution in [1.82, 2.24) is 4.90 Å². The number of hydrogen-bond donors (Lipinski definition) is 1. The molecule has 0 saturated carbocycles. The molecule has 2 nitrogen and oxygen atoms in total. The first-order valence-electron chi connectivity index (χ1n) is 4.78. The van der Waals surface area contributed by atoms with E-state index in [4.69, 9.17) is 5.73 Å². The van der Waals surface area contributed by atoms with E-state index in [1.165, 1.54) is 5.56 Å². The van der Waals surface area contributed by atoms with Crippen molar-refractivity contribution in [2.45, 2.75) is 13.1 Å². The van der Waals surface area contributed by atoms with Gasteiger partial charge in [0, 0.05) is 19.6 Å². The van der Waals surface area contributed by atoms with Gasteiger partial charge in [-0.1, -0.05) is 24.3 Å². The van der Waals surface area contributed by atoms with Gasteiger partial charge in [-0.2, -0.15) is 0 Å². The maximum Gasteiger partial charge on any atom is 0.102 e. The summed E-state index contributed by atoms with van der Waals surface area (Å²) in [5.41, 5.74) is 7.84. The Balaban J connectivity index is 2.57. The molecule has 2 N–H and O–H groups in total. The second-order valence-corrected chi connectivity index (χ2v) is 3.45. The molecule has 14 heavy (non-hydrogen) atoms. The fourth-order valence-electron chi connectivity index (χ4n) is 1.39. The molecule has 3 heteroatoms. The molecule has 0 radical (unpaired) electrons. The van der Waals surface area contributed by atoms with E-state index >= 15 is 0 Å². The average Bonchev–Trinajstić information content (AvgIpc) is 2.18. The van der Waals surface area contributed by atoms with Gasteiger partial charge in [0.05, 0.1) is 0 Å². The zero-order valence-corrected chi connectivity index (χ0v) is 8.54. The number of nitrogens with two attached hydrogens (primary N) is 1. The van der Waals surface area contributed by atoms with Gasteiger partial charge in [0.25, 0.3) is 0 Å². The summed E-state index contributed by atoms with van der Waals surface area (Å²) in [5, 5.41) is 0. The van der Waals surface area contributed by atoms with Gasteiger partial charge in [-0.15, -0.1) is 0 Å². The van der Waals surface area contributed by atoms with E-state index in [2.05, 4.69) is 6.07 Å². The SMILES string of the molecule is CN(CCF)Cc1cccc(CN)c1. The lowest BCUT2D eigenvalue weighted by molar-refractivity contribution is 0.288. The summed E-state index contributed by atoms with van der Waals surface area (Å²) in [6, 6.07) is 8.09. The second kappa shape index (κ2) is 5.73. The highest BCUT2D eigenvalue weighted by Crippen LogP contribution is 2.06. The van der Waals surface area contributed by atoms with Crippen molar-refractivity contribution in [2.24, 2.45) is 5.73 Å². The first-order valence-corrected chi connectivity index (χ1v) is 4.78. The van der Waals surface area contributed by atoms with Crippen LogP contribution in [0.2, 0.25) is 0 Å². The first-order chi connectivity index (χ1) is 6.76. The number of hydrogen-bond acceptors (Lipinski definition) is 2. The standard InChI is InChI=1S/C11H17FN2/c1-14(6-5-12)9-11-4-2-3-10(7-11)8-13/h2-4,7H,5-6,8-9,13H2,1H3. The second-order valence-electron chi connectivity index (χ2n) is 3.45. The molecule has 0 saturated heterocycles. The van der Waals surface area contributed by atoms with E-state index in [0.717, 1.165) is 12.1 Å². The molecular formula is C11H17FN2. The van der Waals surface area contributed by atoms with Crippen molar-refractivity contribution in [3.05, 3.63) is 35.4 Å². The van der Waals surface area contributed by atoms with Crippen LogP contribution in [0.15, 0.2) is 24.3 Å². The number of rotatable bonds is 5. The molecule has 0 aromatic heterocycles. The summed E-state index contributed by atoms with van der Waals surface area (Å²) < 4.78 is 12.0. The molecule has 0 aliphatic heterocycles. The summed E-state index contributed by atoms with van der Waals surface area (Å²) in [4.78, 5) is 1.95. The molecule has 1 aromatic carbocycles. The number of nitrogens with zero attached hydrogens (tertiary/aromatic N) is 1. The Morgan fingerprint density at radius 2 is 2.07 bits per heavy atom. The van der Waals surface area contributed by atoms with E-state index < -0.39 is 0 Å². The number of benzene rings is 1. The topological polar surface area (TPSA) is 29.3 Å². The van der Waals surface area contributed by atoms with Crippen LogP contribution in [0.5, 0.6) is 0 Å².